The van der Waals surface area contributed by atoms with E-state index in [2.05, 4.69) is 22.1 Å². The fraction of sp³-hybridized carbons (Fsp3) is 0.344. The summed E-state index contributed by atoms with van der Waals surface area (Å²) in [5, 5.41) is 9.77. The van der Waals surface area contributed by atoms with Crippen LogP contribution in [0.5, 0.6) is 0 Å². The third-order valence-electron chi connectivity index (χ3n) is 7.67. The molecule has 9 heteroatoms. The van der Waals surface area contributed by atoms with Crippen molar-refractivity contribution < 1.29 is 19.0 Å². The normalized spacial score (nSPS) is 18.6. The van der Waals surface area contributed by atoms with Gasteiger partial charge in [-0.15, -0.1) is 0 Å². The van der Waals surface area contributed by atoms with Crippen LogP contribution < -0.4 is 0 Å². The van der Waals surface area contributed by atoms with Crippen molar-refractivity contribution in [2.45, 2.75) is 51.8 Å². The number of aromatic carboxylic acids is 1. The molecule has 7 nitrogen and oxygen atoms in total. The van der Waals surface area contributed by atoms with E-state index < -0.39 is 5.97 Å². The Hall–Kier alpha value is -3.59. The van der Waals surface area contributed by atoms with Crippen molar-refractivity contribution in [2.75, 3.05) is 19.7 Å². The maximum absolute atomic E-state index is 14.3. The number of pyridine rings is 1. The number of carboxylic acid groups (broad SMARTS) is 1. The van der Waals surface area contributed by atoms with E-state index in [-0.39, 0.29) is 22.5 Å². The summed E-state index contributed by atoms with van der Waals surface area (Å²) in [4.78, 5) is 23.6. The number of aryl methyl sites for hydroxylation is 1. The second-order valence-corrected chi connectivity index (χ2v) is 11.0. The summed E-state index contributed by atoms with van der Waals surface area (Å²) in [6.07, 6.45) is 8.07. The molecule has 1 saturated heterocycles. The van der Waals surface area contributed by atoms with Gasteiger partial charge in [0.2, 0.25) is 0 Å². The summed E-state index contributed by atoms with van der Waals surface area (Å²) in [6.45, 7) is 9.00. The Kier molecular flexibility index (Phi) is 9.12. The molecule has 0 unspecified atom stereocenters. The quantitative estimate of drug-likeness (QED) is 0.256. The highest BCUT2D eigenvalue weighted by Crippen LogP contribution is 2.26. The number of nitrogens with zero attached hydrogens (tertiary/aromatic N) is 4. The number of allylic oxidation sites excluding steroid dienone is 5. The number of aromatic nitrogens is 3. The number of carbonyl (C=O) groups is 1. The van der Waals surface area contributed by atoms with Crippen LogP contribution in [0.1, 0.15) is 53.8 Å². The van der Waals surface area contributed by atoms with Gasteiger partial charge in [-0.25, -0.2) is 14.2 Å². The van der Waals surface area contributed by atoms with Crippen LogP contribution in [0.2, 0.25) is 0 Å². The predicted molar refractivity (Wildman–Crippen MR) is 159 cm³/mol. The van der Waals surface area contributed by atoms with Crippen LogP contribution in [0.25, 0.3) is 16.6 Å². The summed E-state index contributed by atoms with van der Waals surface area (Å²) in [5.41, 5.74) is 5.57. The fourth-order valence-electron chi connectivity index (χ4n) is 5.09. The third kappa shape index (κ3) is 7.01. The maximum atomic E-state index is 14.3. The van der Waals surface area contributed by atoms with Gasteiger partial charge in [0, 0.05) is 30.4 Å². The standard InChI is InChI=1S/C32H34ClFN4O3/c1-3-24(33)18-27(34)21(2)7-9-25-5-4-6-28(35-25)22-11-14-37(15-12-22)20-31-36-29-10-8-23(32(39)40)17-30(29)38(31)19-26-13-16-41-26/h3-6,8,10-11,17-18,26H,1,7,9,12-16,19-20H2,2H3,(H,39,40)/b24-18+,27-21-/t26-/m0/s1. The molecule has 2 aliphatic rings. The van der Waals surface area contributed by atoms with Crippen LogP contribution in [0, 0.1) is 0 Å². The molecule has 4 heterocycles. The molecule has 0 spiro atoms. The van der Waals surface area contributed by atoms with Crippen LogP contribution in [0.4, 0.5) is 4.39 Å². The molecule has 0 amide bonds. The third-order valence-corrected chi connectivity index (χ3v) is 7.93. The highest BCUT2D eigenvalue weighted by molar-refractivity contribution is 6.31. The van der Waals surface area contributed by atoms with Gasteiger partial charge in [-0.1, -0.05) is 36.4 Å². The van der Waals surface area contributed by atoms with Gasteiger partial charge >= 0.3 is 5.97 Å². The van der Waals surface area contributed by atoms with Gasteiger partial charge < -0.3 is 14.4 Å². The molecule has 0 aliphatic carbocycles. The summed E-state index contributed by atoms with van der Waals surface area (Å²) < 4.78 is 22.1. The molecule has 1 aromatic carbocycles. The topological polar surface area (TPSA) is 80.5 Å². The van der Waals surface area contributed by atoms with Gasteiger partial charge in [-0.2, -0.15) is 0 Å². The molecule has 0 radical (unpaired) electrons. The summed E-state index contributed by atoms with van der Waals surface area (Å²) in [7, 11) is 0. The number of carboxylic acids is 1. The van der Waals surface area contributed by atoms with Gasteiger partial charge in [0.05, 0.1) is 41.5 Å². The zero-order valence-corrected chi connectivity index (χ0v) is 23.9. The molecule has 3 aromatic rings. The lowest BCUT2D eigenvalue weighted by molar-refractivity contribution is -0.0591. The molecule has 0 saturated carbocycles. The predicted octanol–water partition coefficient (Wildman–Crippen LogP) is 6.69. The second kappa shape index (κ2) is 12.9. The van der Waals surface area contributed by atoms with Crippen molar-refractivity contribution in [1.82, 2.24) is 19.4 Å². The van der Waals surface area contributed by atoms with E-state index in [1.807, 2.05) is 18.2 Å². The molecule has 1 N–H and O–H groups in total. The SMILES string of the molecule is C=C/C(Cl)=C\C(F)=C(/C)CCc1cccc(C2=CCN(Cc3nc4ccc(C(=O)O)cc4n3C[C@@H]3CCO3)CC2)n1. The van der Waals surface area contributed by atoms with Crippen LogP contribution in [-0.2, 0) is 24.2 Å². The number of halogens is 2. The Bertz CT molecular complexity index is 1550. The van der Waals surface area contributed by atoms with Gasteiger partial charge in [0.25, 0.3) is 0 Å². The second-order valence-electron chi connectivity index (χ2n) is 10.5. The molecule has 5 rings (SSSR count). The van der Waals surface area contributed by atoms with Crippen LogP contribution >= 0.6 is 11.6 Å². The number of benzene rings is 1. The van der Waals surface area contributed by atoms with Crippen molar-refractivity contribution in [1.29, 1.82) is 0 Å². The van der Waals surface area contributed by atoms with Crippen LogP contribution in [0.3, 0.4) is 0 Å². The Morgan fingerprint density at radius 2 is 2.12 bits per heavy atom. The zero-order valence-electron chi connectivity index (χ0n) is 23.2. The number of rotatable bonds is 11. The van der Waals surface area contributed by atoms with Crippen molar-refractivity contribution in [2.24, 2.45) is 0 Å². The smallest absolute Gasteiger partial charge is 0.335 e. The Morgan fingerprint density at radius 3 is 2.80 bits per heavy atom. The first-order valence-electron chi connectivity index (χ1n) is 13.9. The van der Waals surface area contributed by atoms with Crippen molar-refractivity contribution in [3.05, 3.63) is 100 Å². The van der Waals surface area contributed by atoms with Crippen molar-refractivity contribution in [3.8, 4) is 0 Å². The molecule has 1 fully saturated rings. The minimum Gasteiger partial charge on any atom is -0.478 e. The van der Waals surface area contributed by atoms with Crippen molar-refractivity contribution in [3.63, 3.8) is 0 Å². The van der Waals surface area contributed by atoms with E-state index >= 15 is 0 Å². The molecule has 1 atom stereocenters. The Labute approximate surface area is 244 Å². The monoisotopic (exact) mass is 576 g/mol. The lowest BCUT2D eigenvalue weighted by atomic mass is 10.0. The molecule has 214 valence electrons. The molecule has 41 heavy (non-hydrogen) atoms. The average Bonchev–Trinajstić information content (AvgIpc) is 3.29. The number of hydrogen-bond donors (Lipinski definition) is 1. The van der Waals surface area contributed by atoms with Gasteiger partial charge in [0.15, 0.2) is 0 Å². The van der Waals surface area contributed by atoms with Gasteiger partial charge in [-0.05, 0) is 80.2 Å². The van der Waals surface area contributed by atoms with Gasteiger partial charge in [0.1, 0.15) is 11.7 Å². The fourth-order valence-corrected chi connectivity index (χ4v) is 5.18. The zero-order chi connectivity index (χ0) is 28.9. The lowest BCUT2D eigenvalue weighted by Gasteiger charge is -2.29. The lowest BCUT2D eigenvalue weighted by Crippen LogP contribution is -2.33. The summed E-state index contributed by atoms with van der Waals surface area (Å²) >= 11 is 5.87. The average molecular weight is 577 g/mol. The highest BCUT2D eigenvalue weighted by atomic mass is 35.5. The number of fused-ring (bicyclic) bond motifs is 1. The molecule has 2 aromatic heterocycles. The summed E-state index contributed by atoms with van der Waals surface area (Å²) in [6, 6.07) is 11.1. The minimum absolute atomic E-state index is 0.128. The molecular formula is C32H34ClFN4O3. The maximum Gasteiger partial charge on any atom is 0.335 e. The largest absolute Gasteiger partial charge is 0.478 e. The molecular weight excluding hydrogens is 543 g/mol. The van der Waals surface area contributed by atoms with E-state index in [1.54, 1.807) is 25.1 Å². The molecule has 2 aliphatic heterocycles. The van der Waals surface area contributed by atoms with E-state index in [4.69, 9.17) is 26.3 Å². The Morgan fingerprint density at radius 1 is 1.29 bits per heavy atom. The first-order valence-corrected chi connectivity index (χ1v) is 14.2. The van der Waals surface area contributed by atoms with Gasteiger partial charge in [-0.3, -0.25) is 9.88 Å². The molecule has 0 bridgehead atoms. The van der Waals surface area contributed by atoms with Crippen LogP contribution in [-0.4, -0.2) is 56.3 Å². The minimum atomic E-state index is -0.947. The highest BCUT2D eigenvalue weighted by Gasteiger charge is 2.24. The first-order chi connectivity index (χ1) is 19.8. The van der Waals surface area contributed by atoms with Crippen molar-refractivity contribution >= 4 is 34.2 Å². The Balaban J connectivity index is 1.27. The first kappa shape index (κ1) is 28.9. The summed E-state index contributed by atoms with van der Waals surface area (Å²) in [5.74, 6) is -0.371. The van der Waals surface area contributed by atoms with E-state index in [0.29, 0.717) is 31.5 Å². The number of imidazole rings is 1. The van der Waals surface area contributed by atoms with E-state index in [1.165, 1.54) is 17.7 Å². The van der Waals surface area contributed by atoms with Crippen LogP contribution in [0.15, 0.2) is 77.6 Å². The van der Waals surface area contributed by atoms with E-state index in [9.17, 15) is 14.3 Å². The van der Waals surface area contributed by atoms with E-state index in [0.717, 1.165) is 60.8 Å². The number of hydrogen-bond acceptors (Lipinski definition) is 5. The number of ether oxygens (including phenoxy) is 1.